The zero-order valence-corrected chi connectivity index (χ0v) is 20.7. The summed E-state index contributed by atoms with van der Waals surface area (Å²) in [6.07, 6.45) is 0. The summed E-state index contributed by atoms with van der Waals surface area (Å²) in [4.78, 5) is 39.2. The van der Waals surface area contributed by atoms with Crippen LogP contribution in [0.5, 0.6) is 5.75 Å². The number of anilines is 1. The van der Waals surface area contributed by atoms with E-state index in [0.29, 0.717) is 34.0 Å². The van der Waals surface area contributed by atoms with E-state index < -0.39 is 11.5 Å². The minimum atomic E-state index is -0.641. The molecule has 8 nitrogen and oxygen atoms in total. The second kappa shape index (κ2) is 10.1. The van der Waals surface area contributed by atoms with Crippen molar-refractivity contribution in [1.29, 1.82) is 0 Å². The summed E-state index contributed by atoms with van der Waals surface area (Å²) in [6, 6.07) is 12.2. The van der Waals surface area contributed by atoms with Crippen LogP contribution in [0.1, 0.15) is 45.8 Å². The standard InChI is InChI=1S/C26H25N3O5S/c1-5-33-19-11-8-17(9-12-19)23(30)27-24-21-20(14-35-24)22(26(32)34-6-2)28-29(25(21)31)18-10-7-15(3)16(4)13-18/h7-14H,5-6H2,1-4H3,(H,27,30). The lowest BCUT2D eigenvalue weighted by Crippen LogP contribution is -2.25. The van der Waals surface area contributed by atoms with E-state index in [0.717, 1.165) is 22.5 Å². The first kappa shape index (κ1) is 24.2. The quantitative estimate of drug-likeness (QED) is 0.370. The first-order valence-electron chi connectivity index (χ1n) is 11.2. The molecule has 0 spiro atoms. The van der Waals surface area contributed by atoms with Gasteiger partial charge in [-0.3, -0.25) is 9.59 Å². The molecule has 2 heterocycles. The summed E-state index contributed by atoms with van der Waals surface area (Å²) in [6.45, 7) is 8.17. The van der Waals surface area contributed by atoms with Gasteiger partial charge in [-0.15, -0.1) is 11.3 Å². The molecule has 0 aliphatic rings. The highest BCUT2D eigenvalue weighted by Gasteiger charge is 2.23. The Morgan fingerprint density at radius 3 is 2.43 bits per heavy atom. The van der Waals surface area contributed by atoms with Crippen molar-refractivity contribution in [1.82, 2.24) is 9.78 Å². The lowest BCUT2D eigenvalue weighted by Gasteiger charge is -2.11. The molecule has 0 bridgehead atoms. The molecule has 0 saturated heterocycles. The Bertz CT molecular complexity index is 1470. The normalized spacial score (nSPS) is 10.9. The molecule has 0 aliphatic heterocycles. The molecule has 4 rings (SSSR count). The second-order valence-corrected chi connectivity index (χ2v) is 8.70. The van der Waals surface area contributed by atoms with Crippen LogP contribution in [0, 0.1) is 13.8 Å². The van der Waals surface area contributed by atoms with E-state index in [4.69, 9.17) is 9.47 Å². The number of aromatic nitrogens is 2. The molecule has 4 aromatic rings. The number of carbonyl (C=O) groups excluding carboxylic acids is 2. The number of nitrogens with one attached hydrogen (secondary N) is 1. The number of ether oxygens (including phenoxy) is 2. The molecular formula is C26H25N3O5S. The van der Waals surface area contributed by atoms with E-state index in [9.17, 15) is 14.4 Å². The fraction of sp³-hybridized carbons (Fsp3) is 0.231. The summed E-state index contributed by atoms with van der Waals surface area (Å²) in [5.41, 5.74) is 2.53. The maximum atomic E-state index is 13.6. The predicted octanol–water partition coefficient (Wildman–Crippen LogP) is 4.89. The predicted molar refractivity (Wildman–Crippen MR) is 136 cm³/mol. The summed E-state index contributed by atoms with van der Waals surface area (Å²) < 4.78 is 11.8. The number of rotatable bonds is 7. The lowest BCUT2D eigenvalue weighted by molar-refractivity contribution is 0.0520. The molecule has 2 aromatic carbocycles. The fourth-order valence-corrected chi connectivity index (χ4v) is 4.50. The van der Waals surface area contributed by atoms with E-state index >= 15 is 0 Å². The number of thiophene rings is 1. The van der Waals surface area contributed by atoms with Crippen molar-refractivity contribution in [2.75, 3.05) is 18.5 Å². The Hall–Kier alpha value is -3.98. The van der Waals surface area contributed by atoms with Gasteiger partial charge in [-0.1, -0.05) is 6.07 Å². The van der Waals surface area contributed by atoms with Crippen LogP contribution in [0.25, 0.3) is 16.5 Å². The van der Waals surface area contributed by atoms with Crippen LogP contribution in [0.15, 0.2) is 52.6 Å². The first-order valence-corrected chi connectivity index (χ1v) is 12.1. The molecule has 0 fully saturated rings. The van der Waals surface area contributed by atoms with Gasteiger partial charge in [-0.2, -0.15) is 9.78 Å². The number of hydrogen-bond donors (Lipinski definition) is 1. The zero-order chi connectivity index (χ0) is 25.1. The van der Waals surface area contributed by atoms with E-state index in [2.05, 4.69) is 10.4 Å². The highest BCUT2D eigenvalue weighted by Crippen LogP contribution is 2.31. The Morgan fingerprint density at radius 1 is 1.03 bits per heavy atom. The summed E-state index contributed by atoms with van der Waals surface area (Å²) in [5, 5.41) is 9.66. The first-order chi connectivity index (χ1) is 16.8. The maximum absolute atomic E-state index is 13.6. The van der Waals surface area contributed by atoms with Crippen molar-refractivity contribution in [2.45, 2.75) is 27.7 Å². The second-order valence-electron chi connectivity index (χ2n) is 7.82. The van der Waals surface area contributed by atoms with Crippen molar-refractivity contribution in [3.05, 3.63) is 80.6 Å². The minimum absolute atomic E-state index is 0.0116. The number of carbonyl (C=O) groups is 2. The average Bonchev–Trinajstić information content (AvgIpc) is 3.26. The minimum Gasteiger partial charge on any atom is -0.494 e. The van der Waals surface area contributed by atoms with Crippen LogP contribution in [-0.2, 0) is 4.74 Å². The number of esters is 1. The molecule has 0 unspecified atom stereocenters. The molecule has 180 valence electrons. The third kappa shape index (κ3) is 4.81. The van der Waals surface area contributed by atoms with Crippen molar-refractivity contribution in [3.63, 3.8) is 0 Å². The molecule has 0 saturated carbocycles. The van der Waals surface area contributed by atoms with Crippen LogP contribution in [0.2, 0.25) is 0 Å². The molecule has 0 aliphatic carbocycles. The van der Waals surface area contributed by atoms with Crippen LogP contribution in [-0.4, -0.2) is 34.9 Å². The van der Waals surface area contributed by atoms with E-state index in [-0.39, 0.29) is 23.6 Å². The van der Waals surface area contributed by atoms with Gasteiger partial charge in [0.15, 0.2) is 5.69 Å². The highest BCUT2D eigenvalue weighted by atomic mass is 32.1. The number of aryl methyl sites for hydroxylation is 2. The summed E-state index contributed by atoms with van der Waals surface area (Å²) in [5.74, 6) is -0.368. The third-order valence-corrected chi connectivity index (χ3v) is 6.41. The van der Waals surface area contributed by atoms with Crippen LogP contribution in [0.4, 0.5) is 5.00 Å². The van der Waals surface area contributed by atoms with Gasteiger partial charge in [0, 0.05) is 16.3 Å². The average molecular weight is 492 g/mol. The van der Waals surface area contributed by atoms with Crippen LogP contribution >= 0.6 is 11.3 Å². The van der Waals surface area contributed by atoms with E-state index in [1.54, 1.807) is 42.6 Å². The lowest BCUT2D eigenvalue weighted by atomic mass is 10.1. The number of nitrogens with zero attached hydrogens (tertiary/aromatic N) is 2. The molecule has 2 aromatic heterocycles. The van der Waals surface area contributed by atoms with Crippen molar-refractivity contribution in [3.8, 4) is 11.4 Å². The Labute approximate surface area is 206 Å². The van der Waals surface area contributed by atoms with Crippen molar-refractivity contribution >= 4 is 39.0 Å². The SMILES string of the molecule is CCOC(=O)c1nn(-c2ccc(C)c(C)c2)c(=O)c2c(NC(=O)c3ccc(OCC)cc3)scc12. The number of hydrogen-bond acceptors (Lipinski definition) is 7. The van der Waals surface area contributed by atoms with Gasteiger partial charge < -0.3 is 14.8 Å². The van der Waals surface area contributed by atoms with Gasteiger partial charge in [-0.25, -0.2) is 4.79 Å². The van der Waals surface area contributed by atoms with Crippen LogP contribution in [0.3, 0.4) is 0 Å². The third-order valence-electron chi connectivity index (χ3n) is 5.51. The Balaban J connectivity index is 1.82. The van der Waals surface area contributed by atoms with Crippen LogP contribution < -0.4 is 15.6 Å². The van der Waals surface area contributed by atoms with Gasteiger partial charge in [0.05, 0.1) is 24.3 Å². The Kier molecular flexibility index (Phi) is 6.97. The zero-order valence-electron chi connectivity index (χ0n) is 19.9. The topological polar surface area (TPSA) is 99.5 Å². The molecule has 9 heteroatoms. The summed E-state index contributed by atoms with van der Waals surface area (Å²) in [7, 11) is 0. The molecule has 0 radical (unpaired) electrons. The van der Waals surface area contributed by atoms with E-state index in [1.165, 1.54) is 4.68 Å². The molecule has 35 heavy (non-hydrogen) atoms. The van der Waals surface area contributed by atoms with Crippen molar-refractivity contribution < 1.29 is 19.1 Å². The van der Waals surface area contributed by atoms with Crippen molar-refractivity contribution in [2.24, 2.45) is 0 Å². The van der Waals surface area contributed by atoms with Gasteiger partial charge in [0.25, 0.3) is 11.5 Å². The van der Waals surface area contributed by atoms with Gasteiger partial charge in [0.1, 0.15) is 10.8 Å². The molecule has 0 atom stereocenters. The largest absolute Gasteiger partial charge is 0.494 e. The summed E-state index contributed by atoms with van der Waals surface area (Å²) >= 11 is 1.15. The molecule has 1 amide bonds. The monoisotopic (exact) mass is 491 g/mol. The Morgan fingerprint density at radius 2 is 1.77 bits per heavy atom. The number of benzene rings is 2. The molecular weight excluding hydrogens is 466 g/mol. The number of amides is 1. The fourth-order valence-electron chi connectivity index (χ4n) is 3.57. The number of fused-ring (bicyclic) bond motifs is 1. The van der Waals surface area contributed by atoms with Gasteiger partial charge in [0.2, 0.25) is 0 Å². The molecule has 1 N–H and O–H groups in total. The van der Waals surface area contributed by atoms with E-state index in [1.807, 2.05) is 32.9 Å². The van der Waals surface area contributed by atoms with Gasteiger partial charge in [-0.05, 0) is 75.2 Å². The highest BCUT2D eigenvalue weighted by molar-refractivity contribution is 7.16. The maximum Gasteiger partial charge on any atom is 0.359 e. The smallest absolute Gasteiger partial charge is 0.359 e. The van der Waals surface area contributed by atoms with Gasteiger partial charge >= 0.3 is 5.97 Å².